The molecule has 0 aliphatic carbocycles. The Hall–Kier alpha value is -11.0. The average Bonchev–Trinajstić information content (AvgIpc) is 1.59. The number of benzene rings is 6. The van der Waals surface area contributed by atoms with Crippen molar-refractivity contribution in [3.05, 3.63) is 339 Å². The second kappa shape index (κ2) is 42.6. The zero-order valence-electron chi connectivity index (χ0n) is 100. The molecule has 2 unspecified atom stereocenters. The fraction of sp³-hybridized carbons (Fsp3) is 0.257. The van der Waals surface area contributed by atoms with Crippen molar-refractivity contribution in [2.24, 2.45) is 0 Å². The first-order chi connectivity index (χ1) is 69.7. The van der Waals surface area contributed by atoms with E-state index >= 15 is 0 Å². The Balaban J connectivity index is 0.000000194. The van der Waals surface area contributed by atoms with E-state index in [1.807, 2.05) is 120 Å². The van der Waals surface area contributed by atoms with Gasteiger partial charge in [-0.1, -0.05) is 184 Å². The van der Waals surface area contributed by atoms with Crippen LogP contribution >= 0.6 is 0 Å². The van der Waals surface area contributed by atoms with E-state index in [4.69, 9.17) is 54.4 Å². The van der Waals surface area contributed by atoms with E-state index in [0.29, 0.717) is 66.8 Å². The standard InChI is InChI=1S/2C25H27N2O.C23H23N2O.3C12H10N.3Ir/c1-13(2)18-8-9-19(21-11-15(5)20(12-26-21)14(3)4)24-23(18)22-16(6)10-17(7)27-25(22)28-24;1-13(2)18-8-9-19(21-11-20(14(3)4)16(6)12-26-21)24-23(18)22-15(5)10-17(7)27-25(22)28-24;1-13(2)16-9-10-17(19-8-6-7-11-24-19)22-20(16)21-18(14(3)4)12-15(5)25-23(21)26-22;3*1-10-7-8-12(13-9-10)11-5-3-2-4-6-11;;;/h2*8,10-14H,1-7H3;6-9,11-14H,1-5H3;3*2-5,7-9H,1H3;;;/q6*-1;;;/i3D3,5D3,6D3,13D,14D;3D3,5D3,13D,14D;13D,14D;3*1D3;;;. The summed E-state index contributed by atoms with van der Waals surface area (Å²) in [6.07, 6.45) is 8.48. The normalized spacial score (nSPS) is 16.7. The maximum atomic E-state index is 8.70. The van der Waals surface area contributed by atoms with E-state index in [9.17, 15) is 0 Å². The zero-order valence-corrected chi connectivity index (χ0v) is 77.6. The van der Waals surface area contributed by atoms with Gasteiger partial charge in [0.1, 0.15) is 0 Å². The maximum Gasteiger partial charge on any atom is 0.216 e. The summed E-state index contributed by atoms with van der Waals surface area (Å²) in [5.41, 5.74) is 14.2. The van der Waals surface area contributed by atoms with Crippen molar-refractivity contribution in [3.8, 4) is 67.5 Å². The van der Waals surface area contributed by atoms with E-state index in [0.717, 1.165) is 85.7 Å². The van der Waals surface area contributed by atoms with E-state index in [1.54, 1.807) is 121 Å². The molecule has 0 fully saturated rings. The third-order valence-corrected chi connectivity index (χ3v) is 19.6. The second-order valence-corrected chi connectivity index (χ2v) is 29.7. The molecule has 18 rings (SSSR count). The molecule has 12 heterocycles. The van der Waals surface area contributed by atoms with Gasteiger partial charge in [0.15, 0.2) is 0 Å². The van der Waals surface area contributed by atoms with Crippen LogP contribution in [0.25, 0.3) is 134 Å². The number of furan rings is 3. The van der Waals surface area contributed by atoms with Crippen molar-refractivity contribution in [3.63, 3.8) is 0 Å². The van der Waals surface area contributed by atoms with Crippen molar-refractivity contribution >= 4 is 66.2 Å². The summed E-state index contributed by atoms with van der Waals surface area (Å²) in [4.78, 5) is 39.0. The predicted octanol–water partition coefficient (Wildman–Crippen LogP) is 29.0. The van der Waals surface area contributed by atoms with Crippen LogP contribution in [-0.4, -0.2) is 44.9 Å². The molecule has 0 saturated heterocycles. The van der Waals surface area contributed by atoms with Gasteiger partial charge in [0, 0.05) is 172 Å². The molecule has 0 bridgehead atoms. The molecule has 0 spiro atoms. The van der Waals surface area contributed by atoms with Gasteiger partial charge in [-0.25, -0.2) is 15.0 Å². The Morgan fingerprint density at radius 2 is 0.677 bits per heavy atom. The first-order valence-electron chi connectivity index (χ1n) is 53.8. The van der Waals surface area contributed by atoms with Crippen LogP contribution in [0.15, 0.2) is 226 Å². The van der Waals surface area contributed by atoms with Crippen LogP contribution in [0.2, 0.25) is 0 Å². The van der Waals surface area contributed by atoms with E-state index in [2.05, 4.69) is 81.3 Å². The second-order valence-electron chi connectivity index (χ2n) is 29.7. The van der Waals surface area contributed by atoms with E-state index in [-0.39, 0.29) is 144 Å². The number of rotatable bonds is 12. The summed E-state index contributed by atoms with van der Waals surface area (Å²) < 4.78 is 255. The summed E-state index contributed by atoms with van der Waals surface area (Å²) >= 11 is 0. The minimum absolute atomic E-state index is 0. The molecule has 0 aliphatic rings. The molecule has 3 radical (unpaired) electrons. The minimum Gasteiger partial charge on any atom is -0.486 e. The van der Waals surface area contributed by atoms with Crippen molar-refractivity contribution < 1.29 is 115 Å². The third kappa shape index (κ3) is 21.8. The molecular weight excluding hydrogens is 2060 g/mol. The summed E-state index contributed by atoms with van der Waals surface area (Å²) in [6.45, 7) is 4.02. The first-order valence-corrected chi connectivity index (χ1v) is 38.8. The van der Waals surface area contributed by atoms with Crippen LogP contribution in [0.3, 0.4) is 0 Å². The van der Waals surface area contributed by atoms with Crippen molar-refractivity contribution in [1.82, 2.24) is 44.9 Å². The van der Waals surface area contributed by atoms with Crippen molar-refractivity contribution in [2.75, 3.05) is 0 Å². The molecule has 15 heteroatoms. The monoisotopic (exact) mass is 2200 g/mol. The number of hydrogen-bond acceptors (Lipinski definition) is 12. The molecule has 0 aliphatic heterocycles. The topological polar surface area (TPSA) is 155 Å². The maximum absolute atomic E-state index is 8.70. The van der Waals surface area contributed by atoms with Gasteiger partial charge in [-0.3, -0.25) is 0 Å². The van der Waals surface area contributed by atoms with Gasteiger partial charge in [-0.15, -0.1) is 161 Å². The molecule has 6 aromatic carbocycles. The van der Waals surface area contributed by atoms with Gasteiger partial charge in [0.2, 0.25) is 17.1 Å². The molecule has 639 valence electrons. The molecule has 124 heavy (non-hydrogen) atoms. The zero-order chi connectivity index (χ0) is 112. The fourth-order valence-corrected chi connectivity index (χ4v) is 13.7. The summed E-state index contributed by atoms with van der Waals surface area (Å²) in [7, 11) is 0. The van der Waals surface area contributed by atoms with Crippen LogP contribution < -0.4 is 0 Å². The average molecular weight is 2200 g/mol. The van der Waals surface area contributed by atoms with Gasteiger partial charge in [-0.05, 0) is 211 Å². The molecule has 12 aromatic heterocycles. The van der Waals surface area contributed by atoms with Crippen molar-refractivity contribution in [1.29, 1.82) is 0 Å². The Kier molecular flexibility index (Phi) is 21.1. The van der Waals surface area contributed by atoms with Crippen LogP contribution in [-0.2, 0) is 60.3 Å². The summed E-state index contributed by atoms with van der Waals surface area (Å²) in [5, 5.41) is 2.92. The van der Waals surface area contributed by atoms with Gasteiger partial charge < -0.3 is 43.2 Å². The summed E-state index contributed by atoms with van der Waals surface area (Å²) in [5.74, 6) is -8.16. The Morgan fingerprint density at radius 1 is 0.298 bits per heavy atom. The van der Waals surface area contributed by atoms with Crippen LogP contribution in [0.5, 0.6) is 0 Å². The van der Waals surface area contributed by atoms with Crippen LogP contribution in [0.4, 0.5) is 0 Å². The van der Waals surface area contributed by atoms with Gasteiger partial charge in [-0.2, -0.15) is 0 Å². The molecule has 18 aromatic rings. The van der Waals surface area contributed by atoms with Crippen LogP contribution in [0, 0.1) is 105 Å². The van der Waals surface area contributed by atoms with Gasteiger partial charge in [0.25, 0.3) is 0 Å². The van der Waals surface area contributed by atoms with Crippen LogP contribution in [0.1, 0.15) is 249 Å². The number of aryl methyl sites for hydroxylation is 10. The molecule has 0 amide bonds. The third-order valence-electron chi connectivity index (χ3n) is 19.6. The molecule has 2 atom stereocenters. The van der Waals surface area contributed by atoms with Gasteiger partial charge in [0.05, 0.1) is 16.7 Å². The molecule has 0 N–H and O–H groups in total. The fourth-order valence-electron chi connectivity index (χ4n) is 13.7. The van der Waals surface area contributed by atoms with Gasteiger partial charge >= 0.3 is 0 Å². The SMILES string of the molecule is [2H]C(C)(C)c1cc(C)nc2oc3c(-c4ccccn4)[c-]cc(C([2H])(C)C)c3c12.[2H]C([2H])([2H])c1cc(-c2[c-]cc(C([2H])(C)C)c3c2oc2nc(C)cc(C([2H])([2H])[2H])c23)ncc1C([2H])(C)C([2H])([2H])[2H].[2H]C([2H])([2H])c1cc(C)nc2oc3c(-c4cc(C([2H])(C)C([2H])([2H])[2H])c(C)cn4)[c-]cc(C([2H])(C)C)c3c12.[2H]C([2H])([2H])c1ccc(-c2[c-]cccc2)nc1.[2H]C([2H])([2H])c1ccc(-c2[c-]cccc2)nc1.[2H]C([2H])([2H])c1ccc(-c2[c-]cccc2)nc1.[Ir].[Ir].[Ir]. The largest absolute Gasteiger partial charge is 0.486 e. The summed E-state index contributed by atoms with van der Waals surface area (Å²) in [6, 6.07) is 69.1. The quantitative estimate of drug-likeness (QED) is 0.107. The number of aromatic nitrogens is 9. The predicted molar refractivity (Wildman–Crippen MR) is 498 cm³/mol. The smallest absolute Gasteiger partial charge is 0.216 e. The number of nitrogens with zero attached hydrogens (tertiary/aromatic N) is 9. The first kappa shape index (κ1) is 61.4. The molecule has 12 nitrogen and oxygen atoms in total. The van der Waals surface area contributed by atoms with E-state index < -0.39 is 90.2 Å². The minimum atomic E-state index is -2.83. The Bertz CT molecular complexity index is 7750. The number of fused-ring (bicyclic) bond motifs is 9. The Morgan fingerprint density at radius 3 is 1.05 bits per heavy atom. The Labute approximate surface area is 814 Å². The molecule has 0 saturated carbocycles. The van der Waals surface area contributed by atoms with Crippen molar-refractivity contribution in [2.45, 2.75) is 187 Å². The molecular formula is C109H107Ir3N9O3-6. The van der Waals surface area contributed by atoms with E-state index in [1.165, 1.54) is 56.0 Å². The number of hydrogen-bond donors (Lipinski definition) is 0. The number of pyridine rings is 9.